The van der Waals surface area contributed by atoms with Gasteiger partial charge in [-0.15, -0.1) is 0 Å². The normalized spacial score (nSPS) is 15.4. The van der Waals surface area contributed by atoms with E-state index < -0.39 is 0 Å². The second-order valence-corrected chi connectivity index (χ2v) is 7.43. The van der Waals surface area contributed by atoms with Gasteiger partial charge in [-0.2, -0.15) is 4.98 Å². The average Bonchev–Trinajstić information content (AvgIpc) is 3.17. The summed E-state index contributed by atoms with van der Waals surface area (Å²) >= 11 is 0. The van der Waals surface area contributed by atoms with E-state index in [0.717, 1.165) is 37.2 Å². The maximum Gasteiger partial charge on any atom is 0.241 e. The first-order chi connectivity index (χ1) is 14.1. The van der Waals surface area contributed by atoms with Gasteiger partial charge in [-0.05, 0) is 74.8 Å². The fraction of sp³-hybridized carbons (Fsp3) is 0.318. The number of aryl methyl sites for hydroxylation is 1. The molecule has 29 heavy (non-hydrogen) atoms. The van der Waals surface area contributed by atoms with E-state index in [-0.39, 0.29) is 17.6 Å². The van der Waals surface area contributed by atoms with Crippen LogP contribution < -0.4 is 5.32 Å². The van der Waals surface area contributed by atoms with Crippen LogP contribution in [-0.2, 0) is 11.3 Å². The largest absolute Gasteiger partial charge is 0.338 e. The van der Waals surface area contributed by atoms with Crippen LogP contribution in [0, 0.1) is 18.7 Å². The maximum absolute atomic E-state index is 13.0. The Bertz CT molecular complexity index is 978. The summed E-state index contributed by atoms with van der Waals surface area (Å²) < 4.78 is 18.4. The summed E-state index contributed by atoms with van der Waals surface area (Å²) in [6.45, 7) is 4.13. The van der Waals surface area contributed by atoms with Gasteiger partial charge in [-0.25, -0.2) is 4.39 Å². The van der Waals surface area contributed by atoms with Crippen molar-refractivity contribution in [1.29, 1.82) is 0 Å². The van der Waals surface area contributed by atoms with Crippen LogP contribution in [0.2, 0.25) is 0 Å². The summed E-state index contributed by atoms with van der Waals surface area (Å²) in [5, 5.41) is 7.00. The van der Waals surface area contributed by atoms with Gasteiger partial charge in [-0.1, -0.05) is 17.3 Å². The molecule has 1 amide bonds. The second kappa shape index (κ2) is 8.53. The molecule has 3 aromatic rings. The second-order valence-electron chi connectivity index (χ2n) is 7.43. The number of nitrogens with zero attached hydrogens (tertiary/aromatic N) is 3. The van der Waals surface area contributed by atoms with Crippen molar-refractivity contribution in [3.05, 3.63) is 65.8 Å². The Labute approximate surface area is 168 Å². The minimum atomic E-state index is -0.299. The molecule has 1 fully saturated rings. The molecule has 4 rings (SSSR count). The van der Waals surface area contributed by atoms with Crippen LogP contribution in [-0.4, -0.2) is 34.0 Å². The number of carbonyl (C=O) groups is 1. The van der Waals surface area contributed by atoms with E-state index >= 15 is 0 Å². The Kier molecular flexibility index (Phi) is 5.67. The molecule has 1 aliphatic heterocycles. The molecule has 1 aliphatic rings. The molecule has 7 heteroatoms. The van der Waals surface area contributed by atoms with Crippen molar-refractivity contribution in [1.82, 2.24) is 15.0 Å². The predicted molar refractivity (Wildman–Crippen MR) is 108 cm³/mol. The number of aromatic nitrogens is 2. The van der Waals surface area contributed by atoms with Gasteiger partial charge in [0, 0.05) is 17.2 Å². The van der Waals surface area contributed by atoms with E-state index in [1.807, 2.05) is 31.2 Å². The topological polar surface area (TPSA) is 71.3 Å². The molecule has 0 aliphatic carbocycles. The van der Waals surface area contributed by atoms with Gasteiger partial charge in [0.1, 0.15) is 5.82 Å². The molecule has 1 N–H and O–H groups in total. The first kappa shape index (κ1) is 19.3. The highest BCUT2D eigenvalue weighted by molar-refractivity contribution is 5.92. The fourth-order valence-corrected chi connectivity index (χ4v) is 3.55. The Morgan fingerprint density at radius 2 is 1.97 bits per heavy atom. The number of nitrogens with one attached hydrogen (secondary N) is 1. The van der Waals surface area contributed by atoms with E-state index in [1.165, 1.54) is 12.1 Å². The van der Waals surface area contributed by atoms with E-state index in [2.05, 4.69) is 20.4 Å². The number of halogens is 1. The smallest absolute Gasteiger partial charge is 0.241 e. The molecular formula is C22H23FN4O2. The number of hydrogen-bond acceptors (Lipinski definition) is 5. The van der Waals surface area contributed by atoms with Gasteiger partial charge in [0.15, 0.2) is 0 Å². The SMILES string of the molecule is Cc1cccc(NC(=O)C2CCN(Cc3nc(-c4ccc(F)cc4)no3)CC2)c1. The zero-order valence-electron chi connectivity index (χ0n) is 16.3. The highest BCUT2D eigenvalue weighted by Crippen LogP contribution is 2.22. The molecule has 0 saturated carbocycles. The summed E-state index contributed by atoms with van der Waals surface area (Å²) in [6.07, 6.45) is 1.58. The molecule has 2 aromatic carbocycles. The molecular weight excluding hydrogens is 371 g/mol. The van der Waals surface area contributed by atoms with Crippen LogP contribution >= 0.6 is 0 Å². The maximum atomic E-state index is 13.0. The van der Waals surface area contributed by atoms with Gasteiger partial charge < -0.3 is 9.84 Å². The lowest BCUT2D eigenvalue weighted by Crippen LogP contribution is -2.37. The van der Waals surface area contributed by atoms with E-state index in [4.69, 9.17) is 4.52 Å². The summed E-state index contributed by atoms with van der Waals surface area (Å²) in [7, 11) is 0. The summed E-state index contributed by atoms with van der Waals surface area (Å²) in [5.74, 6) is 0.752. The van der Waals surface area contributed by atoms with Crippen LogP contribution in [0.3, 0.4) is 0 Å². The van der Waals surface area contributed by atoms with Crippen LogP contribution in [0.1, 0.15) is 24.3 Å². The molecule has 150 valence electrons. The number of hydrogen-bond donors (Lipinski definition) is 1. The monoisotopic (exact) mass is 394 g/mol. The van der Waals surface area contributed by atoms with Crippen molar-refractivity contribution in [3.8, 4) is 11.4 Å². The van der Waals surface area contributed by atoms with Crippen LogP contribution in [0.4, 0.5) is 10.1 Å². The van der Waals surface area contributed by atoms with Crippen molar-refractivity contribution >= 4 is 11.6 Å². The van der Waals surface area contributed by atoms with Crippen molar-refractivity contribution in [3.63, 3.8) is 0 Å². The first-order valence-electron chi connectivity index (χ1n) is 9.75. The highest BCUT2D eigenvalue weighted by atomic mass is 19.1. The van der Waals surface area contributed by atoms with Gasteiger partial charge in [0.25, 0.3) is 0 Å². The average molecular weight is 394 g/mol. The lowest BCUT2D eigenvalue weighted by molar-refractivity contribution is -0.121. The number of anilines is 1. The minimum absolute atomic E-state index is 0.00391. The number of rotatable bonds is 5. The van der Waals surface area contributed by atoms with Gasteiger partial charge in [0.05, 0.1) is 6.54 Å². The number of benzene rings is 2. The standard InChI is InChI=1S/C22H23FN4O2/c1-15-3-2-4-19(13-15)24-22(28)17-9-11-27(12-10-17)14-20-25-21(26-29-20)16-5-7-18(23)8-6-16/h2-8,13,17H,9-12,14H2,1H3,(H,24,28). The third-order valence-corrected chi connectivity index (χ3v) is 5.17. The van der Waals surface area contributed by atoms with E-state index in [1.54, 1.807) is 12.1 Å². The number of amides is 1. The van der Waals surface area contributed by atoms with Crippen LogP contribution in [0.5, 0.6) is 0 Å². The molecule has 0 radical (unpaired) electrons. The van der Waals surface area contributed by atoms with Crippen LogP contribution in [0.15, 0.2) is 53.1 Å². The Morgan fingerprint density at radius 1 is 1.21 bits per heavy atom. The lowest BCUT2D eigenvalue weighted by Gasteiger charge is -2.30. The summed E-state index contributed by atoms with van der Waals surface area (Å²) in [6, 6.07) is 13.8. The van der Waals surface area contributed by atoms with Gasteiger partial charge >= 0.3 is 0 Å². The van der Waals surface area contributed by atoms with E-state index in [0.29, 0.717) is 23.8 Å². The molecule has 0 bridgehead atoms. The Balaban J connectivity index is 1.29. The molecule has 0 atom stereocenters. The van der Waals surface area contributed by atoms with Crippen molar-refractivity contribution in [2.45, 2.75) is 26.3 Å². The molecule has 1 saturated heterocycles. The number of piperidine rings is 1. The fourth-order valence-electron chi connectivity index (χ4n) is 3.55. The van der Waals surface area contributed by atoms with E-state index in [9.17, 15) is 9.18 Å². The molecule has 0 unspecified atom stereocenters. The lowest BCUT2D eigenvalue weighted by atomic mass is 9.96. The molecule has 1 aromatic heterocycles. The zero-order valence-corrected chi connectivity index (χ0v) is 16.3. The van der Waals surface area contributed by atoms with Crippen molar-refractivity contribution in [2.75, 3.05) is 18.4 Å². The van der Waals surface area contributed by atoms with Crippen molar-refractivity contribution < 1.29 is 13.7 Å². The Morgan fingerprint density at radius 3 is 2.69 bits per heavy atom. The third-order valence-electron chi connectivity index (χ3n) is 5.17. The third kappa shape index (κ3) is 4.86. The highest BCUT2D eigenvalue weighted by Gasteiger charge is 2.26. The number of likely N-dealkylation sites (tertiary alicyclic amines) is 1. The van der Waals surface area contributed by atoms with Gasteiger partial charge in [-0.3, -0.25) is 9.69 Å². The zero-order chi connectivity index (χ0) is 20.2. The molecule has 0 spiro atoms. The van der Waals surface area contributed by atoms with Crippen molar-refractivity contribution in [2.24, 2.45) is 5.92 Å². The summed E-state index contributed by atoms with van der Waals surface area (Å²) in [4.78, 5) is 19.1. The first-order valence-corrected chi connectivity index (χ1v) is 9.75. The quantitative estimate of drug-likeness (QED) is 0.707. The summed E-state index contributed by atoms with van der Waals surface area (Å²) in [5.41, 5.74) is 2.68. The predicted octanol–water partition coefficient (Wildman–Crippen LogP) is 4.03. The minimum Gasteiger partial charge on any atom is -0.338 e. The van der Waals surface area contributed by atoms with Gasteiger partial charge in [0.2, 0.25) is 17.6 Å². The number of carbonyl (C=O) groups excluding carboxylic acids is 1. The Hall–Kier alpha value is -3.06. The molecule has 6 nitrogen and oxygen atoms in total. The van der Waals surface area contributed by atoms with Crippen LogP contribution in [0.25, 0.3) is 11.4 Å². The molecule has 2 heterocycles.